The van der Waals surface area contributed by atoms with Gasteiger partial charge >= 0.3 is 0 Å². The summed E-state index contributed by atoms with van der Waals surface area (Å²) in [6.07, 6.45) is 3.71. The minimum absolute atomic E-state index is 0.260. The highest BCUT2D eigenvalue weighted by Crippen LogP contribution is 2.38. The third-order valence-corrected chi connectivity index (χ3v) is 4.25. The van der Waals surface area contributed by atoms with E-state index < -0.39 is 0 Å². The van der Waals surface area contributed by atoms with Gasteiger partial charge in [-0.15, -0.1) is 10.2 Å². The summed E-state index contributed by atoms with van der Waals surface area (Å²) in [4.78, 5) is 19.5. The van der Waals surface area contributed by atoms with Gasteiger partial charge in [-0.1, -0.05) is 18.2 Å². The van der Waals surface area contributed by atoms with Crippen molar-refractivity contribution < 1.29 is 4.42 Å². The van der Waals surface area contributed by atoms with Crippen molar-refractivity contribution in [3.8, 4) is 5.69 Å². The number of anilines is 1. The van der Waals surface area contributed by atoms with Crippen LogP contribution in [0.2, 0.25) is 0 Å². The van der Waals surface area contributed by atoms with E-state index in [1.54, 1.807) is 4.68 Å². The lowest BCUT2D eigenvalue weighted by atomic mass is 10.3. The number of nitrogens with one attached hydrogen (secondary N) is 2. The minimum atomic E-state index is -0.260. The van der Waals surface area contributed by atoms with Crippen molar-refractivity contribution in [3.63, 3.8) is 0 Å². The summed E-state index contributed by atoms with van der Waals surface area (Å²) in [7, 11) is 0. The van der Waals surface area contributed by atoms with E-state index in [1.807, 2.05) is 30.3 Å². The normalized spacial score (nSPS) is 14.0. The summed E-state index contributed by atoms with van der Waals surface area (Å²) in [5, 5.41) is 15.8. The summed E-state index contributed by atoms with van der Waals surface area (Å²) < 4.78 is 7.24. The lowest BCUT2D eigenvalue weighted by Gasteiger charge is -2.05. The van der Waals surface area contributed by atoms with Gasteiger partial charge < -0.3 is 9.73 Å². The molecule has 1 saturated carbocycles. The molecule has 3 aromatic heterocycles. The molecule has 0 bridgehead atoms. The second kappa shape index (κ2) is 5.80. The van der Waals surface area contributed by atoms with Crippen LogP contribution in [0.25, 0.3) is 16.7 Å². The number of H-pyrrole nitrogens is 1. The van der Waals surface area contributed by atoms with Crippen molar-refractivity contribution in [1.29, 1.82) is 0 Å². The van der Waals surface area contributed by atoms with Gasteiger partial charge in [0.15, 0.2) is 5.65 Å². The molecule has 2 N–H and O–H groups in total. The molecule has 1 aromatic carbocycles. The Bertz CT molecular complexity index is 1120. The Morgan fingerprint density at radius 1 is 1.23 bits per heavy atom. The summed E-state index contributed by atoms with van der Waals surface area (Å²) in [5.41, 5.74) is 1.05. The fourth-order valence-corrected chi connectivity index (χ4v) is 2.75. The van der Waals surface area contributed by atoms with E-state index in [1.165, 1.54) is 6.20 Å². The highest BCUT2D eigenvalue weighted by Gasteiger charge is 2.29. The molecule has 4 aromatic rings. The van der Waals surface area contributed by atoms with Gasteiger partial charge in [-0.25, -0.2) is 4.68 Å². The smallest absolute Gasteiger partial charge is 0.263 e. The Morgan fingerprint density at radius 3 is 2.88 bits per heavy atom. The summed E-state index contributed by atoms with van der Waals surface area (Å²) >= 11 is 0. The molecule has 3 heterocycles. The average Bonchev–Trinajstić information content (AvgIpc) is 3.25. The molecule has 26 heavy (non-hydrogen) atoms. The standard InChI is InChI=1S/C17H15N7O2/c25-15-12-8-19-24(11-4-2-1-3-5-11)14(12)20-17(21-15)18-9-13-22-23-16(26-13)10-6-7-10/h1-5,8,10H,6-7,9H2,(H2,18,20,21,25). The van der Waals surface area contributed by atoms with Gasteiger partial charge in [-0.05, 0) is 25.0 Å². The number of rotatable bonds is 5. The molecule has 0 atom stereocenters. The number of benzene rings is 1. The molecule has 5 rings (SSSR count). The summed E-state index contributed by atoms with van der Waals surface area (Å²) in [6, 6.07) is 9.54. The molecular weight excluding hydrogens is 334 g/mol. The van der Waals surface area contributed by atoms with Gasteiger partial charge in [0.2, 0.25) is 17.7 Å². The second-order valence-corrected chi connectivity index (χ2v) is 6.21. The molecule has 130 valence electrons. The predicted octanol–water partition coefficient (Wildman–Crippen LogP) is 1.98. The van der Waals surface area contributed by atoms with Crippen molar-refractivity contribution in [2.75, 3.05) is 5.32 Å². The van der Waals surface area contributed by atoms with Crippen LogP contribution in [0.5, 0.6) is 0 Å². The number of nitrogens with zero attached hydrogens (tertiary/aromatic N) is 5. The van der Waals surface area contributed by atoms with E-state index in [0.29, 0.717) is 34.7 Å². The van der Waals surface area contributed by atoms with Crippen molar-refractivity contribution in [1.82, 2.24) is 29.9 Å². The first-order valence-electron chi connectivity index (χ1n) is 8.37. The third kappa shape index (κ3) is 2.63. The van der Waals surface area contributed by atoms with Crippen LogP contribution in [-0.2, 0) is 6.54 Å². The first-order valence-corrected chi connectivity index (χ1v) is 8.37. The highest BCUT2D eigenvalue weighted by atomic mass is 16.4. The summed E-state index contributed by atoms with van der Waals surface area (Å²) in [5.74, 6) is 1.88. The van der Waals surface area contributed by atoms with Gasteiger partial charge in [0.25, 0.3) is 5.56 Å². The maximum absolute atomic E-state index is 12.3. The topological polar surface area (TPSA) is 115 Å². The highest BCUT2D eigenvalue weighted by molar-refractivity contribution is 5.76. The van der Waals surface area contributed by atoms with Crippen LogP contribution in [0, 0.1) is 0 Å². The minimum Gasteiger partial charge on any atom is -0.423 e. The molecule has 0 amide bonds. The quantitative estimate of drug-likeness (QED) is 0.566. The molecule has 0 unspecified atom stereocenters. The van der Waals surface area contributed by atoms with Crippen LogP contribution >= 0.6 is 0 Å². The molecule has 1 fully saturated rings. The van der Waals surface area contributed by atoms with Crippen LogP contribution in [0.3, 0.4) is 0 Å². The molecule has 1 aliphatic rings. The Morgan fingerprint density at radius 2 is 2.08 bits per heavy atom. The number of para-hydroxylation sites is 1. The zero-order valence-corrected chi connectivity index (χ0v) is 13.7. The van der Waals surface area contributed by atoms with Crippen LogP contribution < -0.4 is 10.9 Å². The Balaban J connectivity index is 1.45. The lowest BCUT2D eigenvalue weighted by Crippen LogP contribution is -2.13. The molecule has 0 saturated heterocycles. The van der Waals surface area contributed by atoms with E-state index in [4.69, 9.17) is 4.42 Å². The average molecular weight is 349 g/mol. The SMILES string of the molecule is O=c1[nH]c(NCc2nnc(C3CC3)o2)nc2c1cnn2-c1ccccc1. The molecule has 9 heteroatoms. The van der Waals surface area contributed by atoms with Crippen LogP contribution in [0.1, 0.15) is 30.5 Å². The monoisotopic (exact) mass is 349 g/mol. The molecular formula is C17H15N7O2. The van der Waals surface area contributed by atoms with E-state index in [9.17, 15) is 4.79 Å². The van der Waals surface area contributed by atoms with Crippen molar-refractivity contribution in [2.24, 2.45) is 0 Å². The zero-order chi connectivity index (χ0) is 17.5. The Kier molecular flexibility index (Phi) is 3.30. The molecule has 1 aliphatic carbocycles. The van der Waals surface area contributed by atoms with Crippen molar-refractivity contribution in [3.05, 3.63) is 58.7 Å². The first-order chi connectivity index (χ1) is 12.8. The van der Waals surface area contributed by atoms with Crippen LogP contribution in [0.4, 0.5) is 5.95 Å². The van der Waals surface area contributed by atoms with E-state index in [0.717, 1.165) is 18.5 Å². The maximum Gasteiger partial charge on any atom is 0.263 e. The van der Waals surface area contributed by atoms with Gasteiger partial charge in [-0.3, -0.25) is 9.78 Å². The predicted molar refractivity (Wildman–Crippen MR) is 93.1 cm³/mol. The Hall–Kier alpha value is -3.49. The second-order valence-electron chi connectivity index (χ2n) is 6.21. The van der Waals surface area contributed by atoms with E-state index in [-0.39, 0.29) is 12.1 Å². The van der Waals surface area contributed by atoms with Crippen molar-refractivity contribution in [2.45, 2.75) is 25.3 Å². The van der Waals surface area contributed by atoms with Gasteiger partial charge in [0, 0.05) is 5.92 Å². The number of hydrogen-bond donors (Lipinski definition) is 2. The first kappa shape index (κ1) is 14.8. The van der Waals surface area contributed by atoms with Crippen LogP contribution in [-0.4, -0.2) is 29.9 Å². The number of hydrogen-bond acceptors (Lipinski definition) is 7. The molecule has 0 radical (unpaired) electrons. The maximum atomic E-state index is 12.3. The summed E-state index contributed by atoms with van der Waals surface area (Å²) in [6.45, 7) is 0.285. The zero-order valence-electron chi connectivity index (χ0n) is 13.7. The van der Waals surface area contributed by atoms with E-state index >= 15 is 0 Å². The van der Waals surface area contributed by atoms with Gasteiger partial charge in [0.05, 0.1) is 18.4 Å². The fourth-order valence-electron chi connectivity index (χ4n) is 2.75. The molecule has 9 nitrogen and oxygen atoms in total. The lowest BCUT2D eigenvalue weighted by molar-refractivity contribution is 0.456. The Labute approximate surface area is 147 Å². The number of aromatic amines is 1. The number of fused-ring (bicyclic) bond motifs is 1. The van der Waals surface area contributed by atoms with Gasteiger partial charge in [-0.2, -0.15) is 10.1 Å². The van der Waals surface area contributed by atoms with Crippen LogP contribution in [0.15, 0.2) is 45.7 Å². The molecule has 0 aliphatic heterocycles. The largest absolute Gasteiger partial charge is 0.423 e. The number of aromatic nitrogens is 6. The van der Waals surface area contributed by atoms with Crippen molar-refractivity contribution >= 4 is 17.0 Å². The fraction of sp³-hybridized carbons (Fsp3) is 0.235. The third-order valence-electron chi connectivity index (χ3n) is 4.25. The van der Waals surface area contributed by atoms with Gasteiger partial charge in [0.1, 0.15) is 5.39 Å². The van der Waals surface area contributed by atoms with E-state index in [2.05, 4.69) is 30.6 Å². The molecule has 0 spiro atoms.